The normalized spacial score (nSPS) is 11.8. The molecule has 0 spiro atoms. The van der Waals surface area contributed by atoms with Crippen molar-refractivity contribution < 1.29 is 9.59 Å². The van der Waals surface area contributed by atoms with Crippen molar-refractivity contribution in [3.63, 3.8) is 0 Å². The molecule has 1 aromatic rings. The minimum atomic E-state index is -0.0904. The Kier molecular flexibility index (Phi) is 7.46. The summed E-state index contributed by atoms with van der Waals surface area (Å²) in [5.41, 5.74) is 1.38. The minimum Gasteiger partial charge on any atom is -0.326 e. The highest BCUT2D eigenvalue weighted by atomic mass is 16.2. The van der Waals surface area contributed by atoms with Gasteiger partial charge in [-0.25, -0.2) is 0 Å². The Morgan fingerprint density at radius 2 is 1.71 bits per heavy atom. The van der Waals surface area contributed by atoms with Crippen LogP contribution in [-0.4, -0.2) is 24.4 Å². The first-order valence-corrected chi connectivity index (χ1v) is 7.48. The summed E-state index contributed by atoms with van der Waals surface area (Å²) >= 11 is 0. The second kappa shape index (κ2) is 9.13. The fourth-order valence-electron chi connectivity index (χ4n) is 1.74. The van der Waals surface area contributed by atoms with Gasteiger partial charge in [-0.3, -0.25) is 9.59 Å². The Labute approximate surface area is 126 Å². The number of hydrogen-bond donors (Lipinski definition) is 3. The first kappa shape index (κ1) is 17.2. The molecule has 2 amide bonds. The number of carbonyl (C=O) groups excluding carboxylic acids is 2. The summed E-state index contributed by atoms with van der Waals surface area (Å²) in [4.78, 5) is 23.4. The van der Waals surface area contributed by atoms with Gasteiger partial charge < -0.3 is 16.0 Å². The predicted octanol–water partition coefficient (Wildman–Crippen LogP) is 2.75. The summed E-state index contributed by atoms with van der Waals surface area (Å²) in [6.07, 6.45) is 2.28. The van der Waals surface area contributed by atoms with Crippen molar-refractivity contribution in [2.24, 2.45) is 0 Å². The molecule has 21 heavy (non-hydrogen) atoms. The topological polar surface area (TPSA) is 70.2 Å². The van der Waals surface area contributed by atoms with Gasteiger partial charge >= 0.3 is 0 Å². The van der Waals surface area contributed by atoms with E-state index in [0.717, 1.165) is 12.8 Å². The van der Waals surface area contributed by atoms with E-state index in [1.807, 2.05) is 13.8 Å². The van der Waals surface area contributed by atoms with Gasteiger partial charge in [0.15, 0.2) is 0 Å². The molecule has 5 heteroatoms. The van der Waals surface area contributed by atoms with Crippen molar-refractivity contribution in [2.45, 2.75) is 46.1 Å². The van der Waals surface area contributed by atoms with E-state index in [-0.39, 0.29) is 18.4 Å². The molecule has 116 valence electrons. The lowest BCUT2D eigenvalue weighted by atomic mass is 10.2. The van der Waals surface area contributed by atoms with Crippen LogP contribution in [0, 0.1) is 0 Å². The van der Waals surface area contributed by atoms with Gasteiger partial charge in [0, 0.05) is 23.8 Å². The largest absolute Gasteiger partial charge is 0.326 e. The lowest BCUT2D eigenvalue weighted by Crippen LogP contribution is -2.33. The van der Waals surface area contributed by atoms with Crippen molar-refractivity contribution in [1.29, 1.82) is 0 Å². The van der Waals surface area contributed by atoms with Crippen LogP contribution in [0.4, 0.5) is 11.4 Å². The van der Waals surface area contributed by atoms with E-state index in [1.54, 1.807) is 24.3 Å². The van der Waals surface area contributed by atoms with Gasteiger partial charge in [0.25, 0.3) is 0 Å². The van der Waals surface area contributed by atoms with Gasteiger partial charge in [0.2, 0.25) is 11.8 Å². The fourth-order valence-corrected chi connectivity index (χ4v) is 1.74. The quantitative estimate of drug-likeness (QED) is 0.689. The molecule has 0 fully saturated rings. The highest BCUT2D eigenvalue weighted by Crippen LogP contribution is 2.15. The van der Waals surface area contributed by atoms with Crippen LogP contribution in [0.15, 0.2) is 24.3 Å². The molecular weight excluding hydrogens is 266 g/mol. The third-order valence-corrected chi connectivity index (χ3v) is 3.13. The van der Waals surface area contributed by atoms with Crippen molar-refractivity contribution >= 4 is 23.2 Å². The fraction of sp³-hybridized carbons (Fsp3) is 0.500. The molecule has 3 N–H and O–H groups in total. The smallest absolute Gasteiger partial charge is 0.238 e. The summed E-state index contributed by atoms with van der Waals surface area (Å²) in [6.45, 7) is 6.34. The van der Waals surface area contributed by atoms with E-state index >= 15 is 0 Å². The van der Waals surface area contributed by atoms with E-state index in [0.29, 0.717) is 23.8 Å². The standard InChI is InChI=1S/C16H25N3O2/c1-4-7-15(20)18-13-8-6-9-14(10-13)19-16(21)11-17-12(3)5-2/h6,8-10,12,17H,4-5,7,11H2,1-3H3,(H,18,20)(H,19,21). The summed E-state index contributed by atoms with van der Waals surface area (Å²) in [7, 11) is 0. The number of amides is 2. The molecule has 0 heterocycles. The van der Waals surface area contributed by atoms with Crippen LogP contribution in [0.3, 0.4) is 0 Å². The van der Waals surface area contributed by atoms with Gasteiger partial charge in [-0.2, -0.15) is 0 Å². The molecular formula is C16H25N3O2. The van der Waals surface area contributed by atoms with Gasteiger partial charge in [-0.1, -0.05) is 19.9 Å². The lowest BCUT2D eigenvalue weighted by Gasteiger charge is -2.12. The molecule has 0 bridgehead atoms. The summed E-state index contributed by atoms with van der Waals surface area (Å²) < 4.78 is 0. The van der Waals surface area contributed by atoms with Crippen molar-refractivity contribution in [3.05, 3.63) is 24.3 Å². The van der Waals surface area contributed by atoms with E-state index in [1.165, 1.54) is 0 Å². The Hall–Kier alpha value is -1.88. The summed E-state index contributed by atoms with van der Waals surface area (Å²) in [5.74, 6) is -0.105. The highest BCUT2D eigenvalue weighted by Gasteiger charge is 2.06. The molecule has 1 atom stereocenters. The Morgan fingerprint density at radius 1 is 1.10 bits per heavy atom. The maximum Gasteiger partial charge on any atom is 0.238 e. The average Bonchev–Trinajstić information content (AvgIpc) is 2.45. The molecule has 0 saturated heterocycles. The van der Waals surface area contributed by atoms with Gasteiger partial charge in [-0.05, 0) is 38.0 Å². The zero-order valence-electron chi connectivity index (χ0n) is 13.0. The third kappa shape index (κ3) is 6.90. The van der Waals surface area contributed by atoms with E-state index in [4.69, 9.17) is 0 Å². The molecule has 1 unspecified atom stereocenters. The van der Waals surface area contributed by atoms with Crippen LogP contribution in [0.1, 0.15) is 40.0 Å². The van der Waals surface area contributed by atoms with Crippen molar-refractivity contribution in [1.82, 2.24) is 5.32 Å². The molecule has 1 rings (SSSR count). The van der Waals surface area contributed by atoms with Crippen molar-refractivity contribution in [3.8, 4) is 0 Å². The second-order valence-corrected chi connectivity index (χ2v) is 5.12. The maximum absolute atomic E-state index is 11.8. The molecule has 0 radical (unpaired) electrons. The Morgan fingerprint density at radius 3 is 2.29 bits per heavy atom. The van der Waals surface area contributed by atoms with Crippen LogP contribution >= 0.6 is 0 Å². The number of hydrogen-bond acceptors (Lipinski definition) is 3. The third-order valence-electron chi connectivity index (χ3n) is 3.13. The number of benzene rings is 1. The first-order chi connectivity index (χ1) is 10.0. The van der Waals surface area contributed by atoms with Gasteiger partial charge in [0.05, 0.1) is 6.54 Å². The van der Waals surface area contributed by atoms with Crippen LogP contribution in [0.2, 0.25) is 0 Å². The Bertz CT molecular complexity index is 474. The predicted molar refractivity (Wildman–Crippen MR) is 86.4 cm³/mol. The monoisotopic (exact) mass is 291 g/mol. The SMILES string of the molecule is CCCC(=O)Nc1cccc(NC(=O)CNC(C)CC)c1. The minimum absolute atomic E-state index is 0.0144. The number of carbonyl (C=O) groups is 2. The summed E-state index contributed by atoms with van der Waals surface area (Å²) in [6, 6.07) is 7.49. The highest BCUT2D eigenvalue weighted by molar-refractivity contribution is 5.94. The molecule has 0 aliphatic carbocycles. The number of anilines is 2. The van der Waals surface area contributed by atoms with Gasteiger partial charge in [-0.15, -0.1) is 0 Å². The zero-order chi connectivity index (χ0) is 15.7. The Balaban J connectivity index is 2.52. The van der Waals surface area contributed by atoms with Crippen LogP contribution < -0.4 is 16.0 Å². The van der Waals surface area contributed by atoms with E-state index in [9.17, 15) is 9.59 Å². The second-order valence-electron chi connectivity index (χ2n) is 5.12. The van der Waals surface area contributed by atoms with Crippen LogP contribution in [0.5, 0.6) is 0 Å². The molecule has 1 aromatic carbocycles. The molecule has 0 aromatic heterocycles. The van der Waals surface area contributed by atoms with Gasteiger partial charge in [0.1, 0.15) is 0 Å². The molecule has 0 aliphatic heterocycles. The molecule has 0 saturated carbocycles. The van der Waals surface area contributed by atoms with Crippen LogP contribution in [-0.2, 0) is 9.59 Å². The molecule has 5 nitrogen and oxygen atoms in total. The lowest BCUT2D eigenvalue weighted by molar-refractivity contribution is -0.116. The molecule has 0 aliphatic rings. The average molecular weight is 291 g/mol. The first-order valence-electron chi connectivity index (χ1n) is 7.48. The number of rotatable bonds is 8. The number of nitrogens with one attached hydrogen (secondary N) is 3. The maximum atomic E-state index is 11.8. The van der Waals surface area contributed by atoms with Crippen molar-refractivity contribution in [2.75, 3.05) is 17.2 Å². The summed E-state index contributed by atoms with van der Waals surface area (Å²) in [5, 5.41) is 8.76. The zero-order valence-corrected chi connectivity index (χ0v) is 13.0. The van der Waals surface area contributed by atoms with Crippen LogP contribution in [0.25, 0.3) is 0 Å². The van der Waals surface area contributed by atoms with E-state index < -0.39 is 0 Å². The van der Waals surface area contributed by atoms with E-state index in [2.05, 4.69) is 22.9 Å².